The van der Waals surface area contributed by atoms with E-state index < -0.39 is 11.9 Å². The fourth-order valence-electron chi connectivity index (χ4n) is 3.28. The van der Waals surface area contributed by atoms with E-state index in [0.717, 1.165) is 32.1 Å². The van der Waals surface area contributed by atoms with E-state index in [0.29, 0.717) is 19.5 Å². The number of primary amides is 1. The van der Waals surface area contributed by atoms with Crippen molar-refractivity contribution in [2.75, 3.05) is 19.6 Å². The van der Waals surface area contributed by atoms with Gasteiger partial charge in [0, 0.05) is 19.1 Å². The van der Waals surface area contributed by atoms with Crippen LogP contribution in [0.25, 0.3) is 0 Å². The fraction of sp³-hybridized carbons (Fsp3) is 0.786. The highest BCUT2D eigenvalue weighted by molar-refractivity contribution is 5.82. The molecule has 7 heteroatoms. The highest BCUT2D eigenvalue weighted by Crippen LogP contribution is 2.26. The molecule has 7 nitrogen and oxygen atoms in total. The van der Waals surface area contributed by atoms with Gasteiger partial charge in [-0.2, -0.15) is 0 Å². The number of carbonyl (C=O) groups excluding carboxylic acids is 2. The molecule has 1 saturated carbocycles. The van der Waals surface area contributed by atoms with Gasteiger partial charge in [0.15, 0.2) is 0 Å². The van der Waals surface area contributed by atoms with Gasteiger partial charge in [-0.3, -0.25) is 9.59 Å². The van der Waals surface area contributed by atoms with Gasteiger partial charge in [-0.05, 0) is 25.7 Å². The van der Waals surface area contributed by atoms with Crippen molar-refractivity contribution in [1.82, 2.24) is 9.80 Å². The van der Waals surface area contributed by atoms with Crippen LogP contribution < -0.4 is 5.73 Å². The Bertz CT molecular complexity index is 420. The van der Waals surface area contributed by atoms with Crippen LogP contribution in [0, 0.1) is 5.92 Å². The lowest BCUT2D eigenvalue weighted by molar-refractivity contribution is -0.138. The SMILES string of the molecule is NC(=O)C1CCCN(C(=O)N(CC(=O)O)C2CCCC2)C1. The zero-order chi connectivity index (χ0) is 15.4. The van der Waals surface area contributed by atoms with E-state index in [9.17, 15) is 14.4 Å². The number of amides is 3. The van der Waals surface area contributed by atoms with Gasteiger partial charge < -0.3 is 20.6 Å². The van der Waals surface area contributed by atoms with Crippen LogP contribution in [-0.2, 0) is 9.59 Å². The molecule has 3 amide bonds. The van der Waals surface area contributed by atoms with E-state index in [4.69, 9.17) is 10.8 Å². The smallest absolute Gasteiger partial charge is 0.323 e. The van der Waals surface area contributed by atoms with E-state index in [1.165, 1.54) is 4.90 Å². The lowest BCUT2D eigenvalue weighted by Gasteiger charge is -2.37. The number of hydrogen-bond donors (Lipinski definition) is 2. The molecular formula is C14H23N3O4. The summed E-state index contributed by atoms with van der Waals surface area (Å²) in [5.74, 6) is -1.71. The third kappa shape index (κ3) is 3.86. The number of aliphatic carboxylic acids is 1. The normalized spacial score (nSPS) is 23.0. The zero-order valence-corrected chi connectivity index (χ0v) is 12.2. The Morgan fingerprint density at radius 1 is 1.14 bits per heavy atom. The summed E-state index contributed by atoms with van der Waals surface area (Å²) in [4.78, 5) is 38.0. The molecule has 2 fully saturated rings. The quantitative estimate of drug-likeness (QED) is 0.794. The molecule has 118 valence electrons. The van der Waals surface area contributed by atoms with E-state index in [1.54, 1.807) is 4.90 Å². The van der Waals surface area contributed by atoms with Crippen molar-refractivity contribution in [2.45, 2.75) is 44.6 Å². The predicted octanol–water partition coefficient (Wildman–Crippen LogP) is 0.633. The molecule has 0 bridgehead atoms. The van der Waals surface area contributed by atoms with Crippen LogP contribution in [0.2, 0.25) is 0 Å². The van der Waals surface area contributed by atoms with E-state index >= 15 is 0 Å². The van der Waals surface area contributed by atoms with Gasteiger partial charge in [-0.15, -0.1) is 0 Å². The first-order valence-corrected chi connectivity index (χ1v) is 7.55. The number of carbonyl (C=O) groups is 3. The van der Waals surface area contributed by atoms with Crippen LogP contribution in [-0.4, -0.2) is 58.5 Å². The van der Waals surface area contributed by atoms with E-state index in [1.807, 2.05) is 0 Å². The largest absolute Gasteiger partial charge is 0.480 e. The average molecular weight is 297 g/mol. The third-order valence-electron chi connectivity index (χ3n) is 4.41. The summed E-state index contributed by atoms with van der Waals surface area (Å²) in [6.07, 6.45) is 5.18. The molecule has 3 N–H and O–H groups in total. The highest BCUT2D eigenvalue weighted by Gasteiger charge is 2.34. The molecule has 2 aliphatic rings. The van der Waals surface area contributed by atoms with Crippen LogP contribution in [0.3, 0.4) is 0 Å². The first-order chi connectivity index (χ1) is 9.99. The van der Waals surface area contributed by atoms with Gasteiger partial charge in [0.25, 0.3) is 0 Å². The molecule has 0 radical (unpaired) electrons. The summed E-state index contributed by atoms with van der Waals surface area (Å²) < 4.78 is 0. The maximum Gasteiger partial charge on any atom is 0.323 e. The van der Waals surface area contributed by atoms with Gasteiger partial charge in [0.05, 0.1) is 5.92 Å². The van der Waals surface area contributed by atoms with Crippen molar-refractivity contribution >= 4 is 17.9 Å². The predicted molar refractivity (Wildman–Crippen MR) is 75.5 cm³/mol. The number of urea groups is 1. The first kappa shape index (κ1) is 15.6. The Kier molecular flexibility index (Phi) is 5.03. The summed E-state index contributed by atoms with van der Waals surface area (Å²) in [6.45, 7) is 0.587. The minimum absolute atomic E-state index is 0.00237. The molecule has 0 aromatic rings. The van der Waals surface area contributed by atoms with Crippen LogP contribution in [0.5, 0.6) is 0 Å². The number of rotatable bonds is 4. The number of nitrogens with zero attached hydrogens (tertiary/aromatic N) is 2. The Balaban J connectivity index is 2.05. The molecular weight excluding hydrogens is 274 g/mol. The van der Waals surface area contributed by atoms with Gasteiger partial charge in [0.1, 0.15) is 6.54 Å². The second-order valence-electron chi connectivity index (χ2n) is 5.93. The van der Waals surface area contributed by atoms with E-state index in [-0.39, 0.29) is 24.5 Å². The summed E-state index contributed by atoms with van der Waals surface area (Å²) in [7, 11) is 0. The maximum absolute atomic E-state index is 12.6. The number of piperidine rings is 1. The summed E-state index contributed by atoms with van der Waals surface area (Å²) in [5.41, 5.74) is 5.32. The van der Waals surface area contributed by atoms with Gasteiger partial charge >= 0.3 is 12.0 Å². The molecule has 21 heavy (non-hydrogen) atoms. The number of nitrogens with two attached hydrogens (primary N) is 1. The second kappa shape index (κ2) is 6.78. The third-order valence-corrected chi connectivity index (χ3v) is 4.41. The van der Waals surface area contributed by atoms with Crippen molar-refractivity contribution in [3.05, 3.63) is 0 Å². The first-order valence-electron chi connectivity index (χ1n) is 7.55. The Labute approximate surface area is 124 Å². The van der Waals surface area contributed by atoms with Crippen LogP contribution in [0.1, 0.15) is 38.5 Å². The Morgan fingerprint density at radius 2 is 1.81 bits per heavy atom. The summed E-state index contributed by atoms with van der Waals surface area (Å²) in [5, 5.41) is 9.05. The lowest BCUT2D eigenvalue weighted by atomic mass is 9.98. The molecule has 1 atom stereocenters. The maximum atomic E-state index is 12.6. The van der Waals surface area contributed by atoms with Crippen molar-refractivity contribution in [3.63, 3.8) is 0 Å². The van der Waals surface area contributed by atoms with Gasteiger partial charge in [-0.25, -0.2) is 4.79 Å². The van der Waals surface area contributed by atoms with E-state index in [2.05, 4.69) is 0 Å². The van der Waals surface area contributed by atoms with Crippen LogP contribution in [0.4, 0.5) is 4.79 Å². The zero-order valence-electron chi connectivity index (χ0n) is 12.2. The van der Waals surface area contributed by atoms with Crippen molar-refractivity contribution in [1.29, 1.82) is 0 Å². The molecule has 1 unspecified atom stereocenters. The molecule has 1 heterocycles. The highest BCUT2D eigenvalue weighted by atomic mass is 16.4. The molecule has 1 saturated heterocycles. The Hall–Kier alpha value is -1.79. The molecule has 1 aliphatic carbocycles. The van der Waals surface area contributed by atoms with Gasteiger partial charge in [-0.1, -0.05) is 12.8 Å². The second-order valence-corrected chi connectivity index (χ2v) is 5.93. The van der Waals surface area contributed by atoms with Crippen molar-refractivity contribution < 1.29 is 19.5 Å². The lowest BCUT2D eigenvalue weighted by Crippen LogP contribution is -2.53. The minimum atomic E-state index is -1.00. The summed E-state index contributed by atoms with van der Waals surface area (Å²) in [6, 6.07) is -0.266. The van der Waals surface area contributed by atoms with Crippen LogP contribution in [0.15, 0.2) is 0 Å². The molecule has 0 aromatic carbocycles. The van der Waals surface area contributed by atoms with Crippen molar-refractivity contribution in [2.24, 2.45) is 11.7 Å². The standard InChI is InChI=1S/C14H23N3O4/c15-13(20)10-4-3-7-16(8-10)14(21)17(9-12(18)19)11-5-1-2-6-11/h10-11H,1-9H2,(H2,15,20)(H,18,19). The minimum Gasteiger partial charge on any atom is -0.480 e. The van der Waals surface area contributed by atoms with Crippen LogP contribution >= 0.6 is 0 Å². The topological polar surface area (TPSA) is 104 Å². The molecule has 2 rings (SSSR count). The Morgan fingerprint density at radius 3 is 2.38 bits per heavy atom. The average Bonchev–Trinajstić information content (AvgIpc) is 2.98. The van der Waals surface area contributed by atoms with Crippen molar-refractivity contribution in [3.8, 4) is 0 Å². The molecule has 0 aromatic heterocycles. The number of carboxylic acid groups (broad SMARTS) is 1. The molecule has 0 spiro atoms. The number of hydrogen-bond acceptors (Lipinski definition) is 3. The summed E-state index contributed by atoms with van der Waals surface area (Å²) >= 11 is 0. The molecule has 1 aliphatic heterocycles. The fourth-order valence-corrected chi connectivity index (χ4v) is 3.28. The number of likely N-dealkylation sites (tertiary alicyclic amines) is 1. The van der Waals surface area contributed by atoms with Gasteiger partial charge in [0.2, 0.25) is 5.91 Å². The monoisotopic (exact) mass is 297 g/mol. The number of carboxylic acids is 1.